The second-order valence-corrected chi connectivity index (χ2v) is 4.93. The zero-order chi connectivity index (χ0) is 10.0. The van der Waals surface area contributed by atoms with Crippen LogP contribution in [0.3, 0.4) is 0 Å². The lowest BCUT2D eigenvalue weighted by Crippen LogP contribution is -2.24. The van der Waals surface area contributed by atoms with Gasteiger partial charge in [0.05, 0.1) is 4.24 Å². The minimum atomic E-state index is -1.35. The van der Waals surface area contributed by atoms with Gasteiger partial charge in [-0.3, -0.25) is 4.79 Å². The summed E-state index contributed by atoms with van der Waals surface area (Å²) in [7, 11) is 0. The maximum atomic E-state index is 10.6. The van der Waals surface area contributed by atoms with Crippen LogP contribution in [0.1, 0.15) is 0 Å². The van der Waals surface area contributed by atoms with Crippen LogP contribution >= 0.6 is 23.5 Å². The van der Waals surface area contributed by atoms with Crippen LogP contribution in [0.25, 0.3) is 0 Å². The molecule has 1 fully saturated rings. The molecular weight excluding hydrogens is 214 g/mol. The summed E-state index contributed by atoms with van der Waals surface area (Å²) in [5.41, 5.74) is 4.41. The predicted octanol–water partition coefficient (Wildman–Crippen LogP) is -0.227. The second-order valence-electron chi connectivity index (χ2n) is 2.07. The number of rotatable bonds is 3. The Balaban J connectivity index is 2.83. The topological polar surface area (TPSA) is 97.5 Å². The van der Waals surface area contributed by atoms with E-state index in [1.807, 2.05) is 0 Å². The third kappa shape index (κ3) is 2.04. The molecule has 1 saturated heterocycles. The van der Waals surface area contributed by atoms with Crippen molar-refractivity contribution in [2.24, 2.45) is 5.73 Å². The van der Waals surface area contributed by atoms with Gasteiger partial charge in [-0.25, -0.2) is 4.79 Å². The summed E-state index contributed by atoms with van der Waals surface area (Å²) in [6, 6.07) is 0. The summed E-state index contributed by atoms with van der Waals surface area (Å²) < 4.78 is -0.0131. The van der Waals surface area contributed by atoms with Gasteiger partial charge in [0, 0.05) is 0 Å². The van der Waals surface area contributed by atoms with E-state index < -0.39 is 17.4 Å². The molecule has 0 aliphatic carbocycles. The van der Waals surface area contributed by atoms with Crippen molar-refractivity contribution in [3.8, 4) is 0 Å². The predicted molar refractivity (Wildman–Crippen MR) is 48.9 cm³/mol. The Morgan fingerprint density at radius 1 is 1.46 bits per heavy atom. The van der Waals surface area contributed by atoms with Crippen LogP contribution in [-0.4, -0.2) is 27.9 Å². The monoisotopic (exact) mass is 219 g/mol. The standard InChI is InChI=1S/C6H5NO4S2/c7-4(9)3(5(10)11)6-12-2(1-8)13-6/h1-2H,(H2,7,9)(H,10,11). The van der Waals surface area contributed by atoms with Crippen molar-refractivity contribution in [3.05, 3.63) is 9.81 Å². The lowest BCUT2D eigenvalue weighted by Gasteiger charge is -2.23. The van der Waals surface area contributed by atoms with Crippen LogP contribution in [0.4, 0.5) is 0 Å². The molecule has 0 aromatic heterocycles. The highest BCUT2D eigenvalue weighted by Gasteiger charge is 2.32. The summed E-state index contributed by atoms with van der Waals surface area (Å²) in [6.45, 7) is 0. The van der Waals surface area contributed by atoms with Gasteiger partial charge in [0.1, 0.15) is 16.4 Å². The average molecular weight is 219 g/mol. The van der Waals surface area contributed by atoms with Crippen LogP contribution in [0.2, 0.25) is 0 Å². The van der Waals surface area contributed by atoms with Crippen molar-refractivity contribution in [1.29, 1.82) is 0 Å². The number of primary amides is 1. The summed E-state index contributed by atoms with van der Waals surface area (Å²) in [5, 5.41) is 8.56. The van der Waals surface area contributed by atoms with Gasteiger partial charge in [-0.15, -0.1) is 0 Å². The summed E-state index contributed by atoms with van der Waals surface area (Å²) in [5.74, 6) is -2.33. The van der Waals surface area contributed by atoms with Gasteiger partial charge in [-0.2, -0.15) is 0 Å². The SMILES string of the molecule is NC(=O)C(C(=O)O)=C1SC(C=O)S1. The van der Waals surface area contributed by atoms with E-state index in [0.29, 0.717) is 10.5 Å². The Morgan fingerprint density at radius 3 is 2.31 bits per heavy atom. The molecule has 1 aliphatic heterocycles. The van der Waals surface area contributed by atoms with Crippen molar-refractivity contribution in [2.45, 2.75) is 4.58 Å². The highest BCUT2D eigenvalue weighted by Crippen LogP contribution is 2.51. The molecular formula is C6H5NO4S2. The molecule has 3 N–H and O–H groups in total. The molecule has 0 saturated carbocycles. The second kappa shape index (κ2) is 3.84. The van der Waals surface area contributed by atoms with Crippen molar-refractivity contribution < 1.29 is 19.5 Å². The van der Waals surface area contributed by atoms with E-state index in [9.17, 15) is 14.4 Å². The summed E-state index contributed by atoms with van der Waals surface area (Å²) >= 11 is 2.06. The van der Waals surface area contributed by atoms with Crippen LogP contribution in [0.15, 0.2) is 9.81 Å². The van der Waals surface area contributed by atoms with Crippen LogP contribution < -0.4 is 5.73 Å². The summed E-state index contributed by atoms with van der Waals surface area (Å²) in [4.78, 5) is 31.3. The van der Waals surface area contributed by atoms with E-state index >= 15 is 0 Å². The number of thioether (sulfide) groups is 2. The van der Waals surface area contributed by atoms with Crippen molar-refractivity contribution in [3.63, 3.8) is 0 Å². The molecule has 7 heteroatoms. The lowest BCUT2D eigenvalue weighted by atomic mass is 10.3. The molecule has 0 atom stereocenters. The van der Waals surface area contributed by atoms with E-state index in [1.54, 1.807) is 0 Å². The molecule has 0 aromatic carbocycles. The van der Waals surface area contributed by atoms with Crippen LogP contribution in [0.5, 0.6) is 0 Å². The fourth-order valence-corrected chi connectivity index (χ4v) is 2.76. The highest BCUT2D eigenvalue weighted by atomic mass is 32.3. The van der Waals surface area contributed by atoms with Gasteiger partial charge >= 0.3 is 5.97 Å². The third-order valence-electron chi connectivity index (χ3n) is 1.22. The smallest absolute Gasteiger partial charge is 0.343 e. The minimum Gasteiger partial charge on any atom is -0.477 e. The molecule has 0 bridgehead atoms. The normalized spacial score (nSPS) is 20.3. The van der Waals surface area contributed by atoms with Crippen LogP contribution in [0, 0.1) is 0 Å². The van der Waals surface area contributed by atoms with E-state index in [0.717, 1.165) is 23.5 Å². The van der Waals surface area contributed by atoms with Gasteiger partial charge in [0.2, 0.25) is 0 Å². The molecule has 0 spiro atoms. The first-order valence-corrected chi connectivity index (χ1v) is 4.88. The number of carboxylic acid groups (broad SMARTS) is 1. The zero-order valence-corrected chi connectivity index (χ0v) is 7.85. The molecule has 0 aromatic rings. The molecule has 0 radical (unpaired) electrons. The number of hydrogen-bond acceptors (Lipinski definition) is 5. The largest absolute Gasteiger partial charge is 0.477 e. The molecule has 13 heavy (non-hydrogen) atoms. The van der Waals surface area contributed by atoms with Crippen molar-refractivity contribution in [2.75, 3.05) is 0 Å². The minimum absolute atomic E-state index is 0.303. The third-order valence-corrected chi connectivity index (χ3v) is 3.90. The van der Waals surface area contributed by atoms with E-state index in [-0.39, 0.29) is 4.58 Å². The number of hydrogen-bond donors (Lipinski definition) is 2. The molecule has 0 unspecified atom stereocenters. The molecule has 1 amide bonds. The Hall–Kier alpha value is -0.950. The Labute approximate surface area is 81.7 Å². The number of amides is 1. The molecule has 1 heterocycles. The first-order chi connectivity index (χ1) is 6.06. The Morgan fingerprint density at radius 2 is 2.00 bits per heavy atom. The number of carboxylic acids is 1. The van der Waals surface area contributed by atoms with E-state index in [4.69, 9.17) is 10.8 Å². The molecule has 1 rings (SSSR count). The lowest BCUT2D eigenvalue weighted by molar-refractivity contribution is -0.134. The van der Waals surface area contributed by atoms with E-state index in [1.165, 1.54) is 0 Å². The average Bonchev–Trinajstić information content (AvgIpc) is 1.93. The maximum Gasteiger partial charge on any atom is 0.343 e. The first kappa shape index (κ1) is 10.1. The quantitative estimate of drug-likeness (QED) is 0.294. The number of carbonyl (C=O) groups excluding carboxylic acids is 2. The van der Waals surface area contributed by atoms with Gasteiger partial charge in [-0.1, -0.05) is 23.5 Å². The number of aldehydes is 1. The molecule has 70 valence electrons. The van der Waals surface area contributed by atoms with Crippen LogP contribution in [-0.2, 0) is 14.4 Å². The van der Waals surface area contributed by atoms with E-state index in [2.05, 4.69) is 0 Å². The van der Waals surface area contributed by atoms with Gasteiger partial charge in [-0.05, 0) is 0 Å². The first-order valence-electron chi connectivity index (χ1n) is 3.12. The van der Waals surface area contributed by atoms with Gasteiger partial charge < -0.3 is 15.6 Å². The Kier molecular flexibility index (Phi) is 2.99. The zero-order valence-electron chi connectivity index (χ0n) is 6.22. The maximum absolute atomic E-state index is 10.6. The molecule has 5 nitrogen and oxygen atoms in total. The van der Waals surface area contributed by atoms with Gasteiger partial charge in [0.15, 0.2) is 0 Å². The number of carbonyl (C=O) groups is 3. The molecule has 1 aliphatic rings. The number of nitrogens with two attached hydrogens (primary N) is 1. The number of aliphatic carboxylic acids is 1. The highest BCUT2D eigenvalue weighted by molar-refractivity contribution is 8.39. The fraction of sp³-hybridized carbons (Fsp3) is 0.167. The van der Waals surface area contributed by atoms with Crippen molar-refractivity contribution in [1.82, 2.24) is 0 Å². The fourth-order valence-electron chi connectivity index (χ4n) is 0.687. The summed E-state index contributed by atoms with van der Waals surface area (Å²) in [6.07, 6.45) is 0.680. The van der Waals surface area contributed by atoms with Gasteiger partial charge in [0.25, 0.3) is 5.91 Å². The Bertz CT molecular complexity index is 288. The van der Waals surface area contributed by atoms with Crippen molar-refractivity contribution >= 4 is 41.7 Å².